The average molecular weight is 366 g/mol. The van der Waals surface area contributed by atoms with Gasteiger partial charge in [0.15, 0.2) is 0 Å². The smallest absolute Gasteiger partial charge is 0.240 e. The molecule has 1 aliphatic rings. The van der Waals surface area contributed by atoms with E-state index >= 15 is 0 Å². The Morgan fingerprint density at radius 2 is 1.85 bits per heavy atom. The van der Waals surface area contributed by atoms with Crippen molar-refractivity contribution >= 4 is 11.8 Å². The second kappa shape index (κ2) is 8.31. The van der Waals surface area contributed by atoms with Gasteiger partial charge >= 0.3 is 0 Å². The third kappa shape index (κ3) is 4.52. The highest BCUT2D eigenvalue weighted by Gasteiger charge is 2.46. The zero-order valence-corrected chi connectivity index (χ0v) is 15.9. The van der Waals surface area contributed by atoms with E-state index in [0.29, 0.717) is 13.1 Å². The maximum atomic E-state index is 12.6. The predicted molar refractivity (Wildman–Crippen MR) is 105 cm³/mol. The van der Waals surface area contributed by atoms with Crippen LogP contribution < -0.4 is 10.6 Å². The number of aromatic nitrogens is 1. The Morgan fingerprint density at radius 1 is 1.11 bits per heavy atom. The molecule has 3 rings (SSSR count). The Morgan fingerprint density at radius 3 is 2.44 bits per heavy atom. The maximum Gasteiger partial charge on any atom is 0.240 e. The van der Waals surface area contributed by atoms with Crippen molar-refractivity contribution in [2.24, 2.45) is 0 Å². The molecule has 2 heterocycles. The Hall–Kier alpha value is -2.73. The number of amides is 2. The number of hydrogen-bond acceptors (Lipinski definition) is 4. The Balaban J connectivity index is 1.56. The molecular weight excluding hydrogens is 340 g/mol. The van der Waals surface area contributed by atoms with Gasteiger partial charge in [-0.25, -0.2) is 0 Å². The van der Waals surface area contributed by atoms with Gasteiger partial charge in [0.2, 0.25) is 11.8 Å². The molecule has 6 nitrogen and oxygen atoms in total. The minimum atomic E-state index is -0.490. The first-order chi connectivity index (χ1) is 13.0. The molecule has 0 radical (unpaired) electrons. The minimum Gasteiger partial charge on any atom is -0.355 e. The van der Waals surface area contributed by atoms with E-state index in [-0.39, 0.29) is 11.8 Å². The highest BCUT2D eigenvalue weighted by molar-refractivity contribution is 5.87. The summed E-state index contributed by atoms with van der Waals surface area (Å²) in [4.78, 5) is 30.0. The van der Waals surface area contributed by atoms with E-state index in [1.165, 1.54) is 12.5 Å². The highest BCUT2D eigenvalue weighted by Crippen LogP contribution is 2.32. The van der Waals surface area contributed by atoms with Crippen LogP contribution in [0.1, 0.15) is 25.8 Å². The number of rotatable bonds is 7. The zero-order chi connectivity index (χ0) is 19.3. The molecule has 1 atom stereocenters. The predicted octanol–water partition coefficient (Wildman–Crippen LogP) is 1.97. The molecule has 0 bridgehead atoms. The monoisotopic (exact) mass is 366 g/mol. The molecular formula is C21H26N4O2. The molecule has 2 amide bonds. The molecule has 1 unspecified atom stereocenters. The van der Waals surface area contributed by atoms with Crippen LogP contribution in [0.15, 0.2) is 48.7 Å². The third-order valence-corrected chi connectivity index (χ3v) is 5.13. The number of carbonyl (C=O) groups excluding carboxylic acids is 2. The number of benzene rings is 1. The summed E-state index contributed by atoms with van der Waals surface area (Å²) in [7, 11) is 0. The molecule has 1 fully saturated rings. The zero-order valence-electron chi connectivity index (χ0n) is 15.9. The van der Waals surface area contributed by atoms with Crippen LogP contribution in [0.25, 0.3) is 11.3 Å². The summed E-state index contributed by atoms with van der Waals surface area (Å²) >= 11 is 0. The molecule has 6 heteroatoms. The fraction of sp³-hybridized carbons (Fsp3) is 0.381. The van der Waals surface area contributed by atoms with Gasteiger partial charge in [-0.05, 0) is 31.0 Å². The van der Waals surface area contributed by atoms with Crippen molar-refractivity contribution in [3.05, 3.63) is 54.2 Å². The molecule has 27 heavy (non-hydrogen) atoms. The number of pyridine rings is 1. The van der Waals surface area contributed by atoms with Gasteiger partial charge in [0.25, 0.3) is 0 Å². The summed E-state index contributed by atoms with van der Waals surface area (Å²) in [6, 6.07) is 14.2. The van der Waals surface area contributed by atoms with E-state index in [1.807, 2.05) is 25.1 Å². The lowest BCUT2D eigenvalue weighted by Crippen LogP contribution is -2.65. The van der Waals surface area contributed by atoms with Crippen molar-refractivity contribution in [3.8, 4) is 11.3 Å². The lowest BCUT2D eigenvalue weighted by molar-refractivity contribution is -0.142. The lowest BCUT2D eigenvalue weighted by Gasteiger charge is -2.49. The number of carbonyl (C=O) groups is 2. The van der Waals surface area contributed by atoms with E-state index < -0.39 is 5.54 Å². The van der Waals surface area contributed by atoms with Gasteiger partial charge in [-0.15, -0.1) is 0 Å². The third-order valence-electron chi connectivity index (χ3n) is 5.13. The molecule has 1 aliphatic heterocycles. The highest BCUT2D eigenvalue weighted by atomic mass is 16.2. The van der Waals surface area contributed by atoms with Crippen molar-refractivity contribution < 1.29 is 9.59 Å². The lowest BCUT2D eigenvalue weighted by atomic mass is 9.85. The van der Waals surface area contributed by atoms with Gasteiger partial charge in [0, 0.05) is 44.9 Å². The minimum absolute atomic E-state index is 0.0178. The van der Waals surface area contributed by atoms with Crippen LogP contribution in [-0.2, 0) is 16.1 Å². The number of nitrogens with one attached hydrogen (secondary N) is 2. The summed E-state index contributed by atoms with van der Waals surface area (Å²) in [6.07, 6.45) is 2.63. The fourth-order valence-corrected chi connectivity index (χ4v) is 3.26. The van der Waals surface area contributed by atoms with E-state index in [4.69, 9.17) is 0 Å². The molecule has 2 N–H and O–H groups in total. The summed E-state index contributed by atoms with van der Waals surface area (Å²) in [5, 5.41) is 5.61. The molecule has 142 valence electrons. The molecule has 2 aromatic rings. The summed E-state index contributed by atoms with van der Waals surface area (Å²) in [5.41, 5.74) is 2.72. The van der Waals surface area contributed by atoms with Gasteiger partial charge in [-0.3, -0.25) is 19.5 Å². The fourth-order valence-electron chi connectivity index (χ4n) is 3.26. The van der Waals surface area contributed by atoms with Crippen molar-refractivity contribution in [1.82, 2.24) is 20.5 Å². The molecule has 0 aliphatic carbocycles. The second-order valence-corrected chi connectivity index (χ2v) is 7.10. The number of likely N-dealkylation sites (tertiary alicyclic amines) is 1. The van der Waals surface area contributed by atoms with Crippen molar-refractivity contribution in [2.45, 2.75) is 32.4 Å². The van der Waals surface area contributed by atoms with Crippen LogP contribution in [-0.4, -0.2) is 46.9 Å². The first kappa shape index (κ1) is 19.0. The van der Waals surface area contributed by atoms with Crippen LogP contribution >= 0.6 is 0 Å². The van der Waals surface area contributed by atoms with E-state index in [2.05, 4.69) is 44.8 Å². The first-order valence-electron chi connectivity index (χ1n) is 9.27. The quantitative estimate of drug-likeness (QED) is 0.735. The molecule has 1 aromatic heterocycles. The van der Waals surface area contributed by atoms with Crippen LogP contribution in [0.3, 0.4) is 0 Å². The standard InChI is InChI=1S/C21H26N4O2/c1-16(26)22-12-13-24-20(27)21(2)10-14-25(21)15-17-6-8-18(9-7-17)19-5-3-4-11-23-19/h3-9,11H,10,12-15H2,1-2H3,(H,22,26)(H,24,27). The van der Waals surface area contributed by atoms with Gasteiger partial charge in [0.1, 0.15) is 0 Å². The molecule has 1 aromatic carbocycles. The van der Waals surface area contributed by atoms with E-state index in [1.54, 1.807) is 6.20 Å². The van der Waals surface area contributed by atoms with Crippen molar-refractivity contribution in [1.29, 1.82) is 0 Å². The van der Waals surface area contributed by atoms with Gasteiger partial charge in [-0.2, -0.15) is 0 Å². The summed E-state index contributed by atoms with van der Waals surface area (Å²) in [6.45, 7) is 5.98. The second-order valence-electron chi connectivity index (χ2n) is 7.10. The van der Waals surface area contributed by atoms with Crippen molar-refractivity contribution in [3.63, 3.8) is 0 Å². The Labute approximate surface area is 160 Å². The largest absolute Gasteiger partial charge is 0.355 e. The van der Waals surface area contributed by atoms with Crippen LogP contribution in [0.5, 0.6) is 0 Å². The van der Waals surface area contributed by atoms with Crippen molar-refractivity contribution in [2.75, 3.05) is 19.6 Å². The average Bonchev–Trinajstić information content (AvgIpc) is 2.68. The number of hydrogen-bond donors (Lipinski definition) is 2. The Bertz CT molecular complexity index is 792. The molecule has 1 saturated heterocycles. The topological polar surface area (TPSA) is 74.3 Å². The van der Waals surface area contributed by atoms with Crippen LogP contribution in [0.4, 0.5) is 0 Å². The van der Waals surface area contributed by atoms with Gasteiger partial charge < -0.3 is 10.6 Å². The maximum absolute atomic E-state index is 12.6. The summed E-state index contributed by atoms with van der Waals surface area (Å²) in [5.74, 6) is -0.0703. The van der Waals surface area contributed by atoms with Crippen LogP contribution in [0, 0.1) is 0 Å². The van der Waals surface area contributed by atoms with Gasteiger partial charge in [-0.1, -0.05) is 30.3 Å². The van der Waals surface area contributed by atoms with Crippen LogP contribution in [0.2, 0.25) is 0 Å². The van der Waals surface area contributed by atoms with E-state index in [9.17, 15) is 9.59 Å². The van der Waals surface area contributed by atoms with E-state index in [0.717, 1.165) is 30.8 Å². The summed E-state index contributed by atoms with van der Waals surface area (Å²) < 4.78 is 0. The normalized spacial score (nSPS) is 19.2. The van der Waals surface area contributed by atoms with Gasteiger partial charge in [0.05, 0.1) is 11.2 Å². The SMILES string of the molecule is CC(=O)NCCNC(=O)C1(C)CCN1Cc1ccc(-c2ccccn2)cc1. The Kier molecular flexibility index (Phi) is 5.86. The number of nitrogens with zero attached hydrogens (tertiary/aromatic N) is 2. The first-order valence-corrected chi connectivity index (χ1v) is 9.27. The molecule has 0 saturated carbocycles. The molecule has 0 spiro atoms.